The third-order valence-electron chi connectivity index (χ3n) is 4.96. The molecule has 2 aromatic carbocycles. The van der Waals surface area contributed by atoms with Gasteiger partial charge in [-0.3, -0.25) is 15.0 Å². The van der Waals surface area contributed by atoms with E-state index in [-0.39, 0.29) is 23.6 Å². The minimum atomic E-state index is -1.26. The van der Waals surface area contributed by atoms with Gasteiger partial charge in [0.25, 0.3) is 0 Å². The van der Waals surface area contributed by atoms with Crippen LogP contribution in [0.2, 0.25) is 0 Å². The molecule has 35 heavy (non-hydrogen) atoms. The SMILES string of the molecule is CCOC(=O)C(CC(=O)O)N(C)C(=O)C(C)=Cc1ccc(C(=O)Oc2ccc(C(=N)N)cc2)cc1. The maximum atomic E-state index is 12.8. The third-order valence-corrected chi connectivity index (χ3v) is 4.96. The van der Waals surface area contributed by atoms with E-state index in [0.717, 1.165) is 4.90 Å². The van der Waals surface area contributed by atoms with E-state index in [4.69, 9.17) is 25.7 Å². The molecule has 0 bridgehead atoms. The van der Waals surface area contributed by atoms with E-state index in [0.29, 0.717) is 16.9 Å². The number of amides is 1. The largest absolute Gasteiger partial charge is 0.481 e. The Morgan fingerprint density at radius 3 is 2.14 bits per heavy atom. The van der Waals surface area contributed by atoms with E-state index in [1.54, 1.807) is 37.3 Å². The summed E-state index contributed by atoms with van der Waals surface area (Å²) in [4.78, 5) is 49.5. The average Bonchev–Trinajstić information content (AvgIpc) is 2.82. The van der Waals surface area contributed by atoms with Gasteiger partial charge in [0, 0.05) is 18.2 Å². The summed E-state index contributed by atoms with van der Waals surface area (Å²) >= 11 is 0. The van der Waals surface area contributed by atoms with E-state index in [2.05, 4.69) is 0 Å². The molecule has 10 nitrogen and oxygen atoms in total. The first-order valence-electron chi connectivity index (χ1n) is 10.6. The first-order chi connectivity index (χ1) is 16.5. The highest BCUT2D eigenvalue weighted by Gasteiger charge is 2.31. The summed E-state index contributed by atoms with van der Waals surface area (Å²) in [7, 11) is 1.34. The predicted octanol–water partition coefficient (Wildman–Crippen LogP) is 2.46. The Balaban J connectivity index is 2.10. The van der Waals surface area contributed by atoms with Gasteiger partial charge in [-0.2, -0.15) is 0 Å². The van der Waals surface area contributed by atoms with Gasteiger partial charge in [0.15, 0.2) is 0 Å². The smallest absolute Gasteiger partial charge is 0.343 e. The van der Waals surface area contributed by atoms with E-state index in [1.165, 1.54) is 38.2 Å². The van der Waals surface area contributed by atoms with E-state index in [9.17, 15) is 19.2 Å². The van der Waals surface area contributed by atoms with Gasteiger partial charge in [0.05, 0.1) is 18.6 Å². The molecule has 1 atom stereocenters. The molecular weight excluding hydrogens is 454 g/mol. The van der Waals surface area contributed by atoms with Crippen molar-refractivity contribution in [3.63, 3.8) is 0 Å². The van der Waals surface area contributed by atoms with Gasteiger partial charge in [0.1, 0.15) is 17.6 Å². The maximum absolute atomic E-state index is 12.8. The number of nitrogens with zero attached hydrogens (tertiary/aromatic N) is 1. The summed E-state index contributed by atoms with van der Waals surface area (Å²) in [5, 5.41) is 16.5. The van der Waals surface area contributed by atoms with Crippen molar-refractivity contribution in [2.24, 2.45) is 5.73 Å². The molecule has 10 heteroatoms. The number of benzene rings is 2. The number of nitrogen functional groups attached to an aromatic ring is 1. The topological polar surface area (TPSA) is 160 Å². The van der Waals surface area contributed by atoms with Gasteiger partial charge in [-0.05, 0) is 61.9 Å². The first-order valence-corrected chi connectivity index (χ1v) is 10.6. The molecule has 0 aromatic heterocycles. The Kier molecular flexibility index (Phi) is 9.27. The number of carboxylic acids is 1. The standard InChI is InChI=1S/C25H27N3O7/c1-4-34-25(33)20(14-21(29)30)28(3)23(31)15(2)13-16-5-7-18(8-6-16)24(32)35-19-11-9-17(10-12-19)22(26)27/h5-13,20H,4,14H2,1-3H3,(H3,26,27)(H,29,30). The van der Waals surface area contributed by atoms with Crippen LogP contribution in [-0.4, -0.2) is 59.4 Å². The molecule has 0 spiro atoms. The molecule has 1 amide bonds. The second kappa shape index (κ2) is 12.1. The van der Waals surface area contributed by atoms with Crippen molar-refractivity contribution in [3.05, 3.63) is 70.8 Å². The molecule has 4 N–H and O–H groups in total. The fourth-order valence-electron chi connectivity index (χ4n) is 3.10. The molecule has 2 aromatic rings. The zero-order chi connectivity index (χ0) is 26.1. The molecule has 0 aliphatic heterocycles. The predicted molar refractivity (Wildman–Crippen MR) is 128 cm³/mol. The number of carbonyl (C=O) groups is 4. The fraction of sp³-hybridized carbons (Fsp3) is 0.240. The quantitative estimate of drug-likeness (QED) is 0.153. The lowest BCUT2D eigenvalue weighted by Crippen LogP contribution is -2.45. The van der Waals surface area contributed by atoms with Gasteiger partial charge < -0.3 is 25.2 Å². The van der Waals surface area contributed by atoms with Crippen molar-refractivity contribution >= 4 is 35.7 Å². The second-order valence-electron chi connectivity index (χ2n) is 7.56. The van der Waals surface area contributed by atoms with Gasteiger partial charge in [-0.25, -0.2) is 9.59 Å². The van der Waals surface area contributed by atoms with Crippen LogP contribution >= 0.6 is 0 Å². The lowest BCUT2D eigenvalue weighted by molar-refractivity contribution is -0.156. The van der Waals surface area contributed by atoms with Crippen molar-refractivity contribution in [2.75, 3.05) is 13.7 Å². The normalized spacial score (nSPS) is 11.8. The Morgan fingerprint density at radius 2 is 1.63 bits per heavy atom. The highest BCUT2D eigenvalue weighted by atomic mass is 16.5. The van der Waals surface area contributed by atoms with Gasteiger partial charge in [-0.1, -0.05) is 12.1 Å². The van der Waals surface area contributed by atoms with Crippen molar-refractivity contribution in [1.82, 2.24) is 4.90 Å². The van der Waals surface area contributed by atoms with Crippen LogP contribution in [0.3, 0.4) is 0 Å². The van der Waals surface area contributed by atoms with Crippen molar-refractivity contribution in [2.45, 2.75) is 26.3 Å². The lowest BCUT2D eigenvalue weighted by atomic mass is 10.1. The highest BCUT2D eigenvalue weighted by Crippen LogP contribution is 2.17. The Hall–Kier alpha value is -4.47. The van der Waals surface area contributed by atoms with Crippen LogP contribution in [0.25, 0.3) is 6.08 Å². The lowest BCUT2D eigenvalue weighted by Gasteiger charge is -2.25. The number of rotatable bonds is 10. The Labute approximate surface area is 202 Å². The molecule has 0 fully saturated rings. The van der Waals surface area contributed by atoms with Crippen molar-refractivity contribution in [3.8, 4) is 5.75 Å². The van der Waals surface area contributed by atoms with Crippen LogP contribution < -0.4 is 10.5 Å². The van der Waals surface area contributed by atoms with E-state index in [1.807, 2.05) is 0 Å². The summed E-state index contributed by atoms with van der Waals surface area (Å²) in [6, 6.07) is 11.2. The van der Waals surface area contributed by atoms with Crippen LogP contribution in [0, 0.1) is 5.41 Å². The Bertz CT molecular complexity index is 1140. The summed E-state index contributed by atoms with van der Waals surface area (Å²) in [6.45, 7) is 3.19. The third kappa shape index (κ3) is 7.53. The van der Waals surface area contributed by atoms with Gasteiger partial charge in [-0.15, -0.1) is 0 Å². The maximum Gasteiger partial charge on any atom is 0.343 e. The molecule has 2 rings (SSSR count). The zero-order valence-electron chi connectivity index (χ0n) is 19.6. The molecular formula is C25H27N3O7. The van der Waals surface area contributed by atoms with Crippen LogP contribution in [0.15, 0.2) is 54.1 Å². The van der Waals surface area contributed by atoms with Gasteiger partial charge in [0.2, 0.25) is 5.91 Å². The number of hydrogen-bond donors (Lipinski definition) is 3. The molecule has 0 saturated carbocycles. The number of nitrogens with one attached hydrogen (secondary N) is 1. The molecule has 0 heterocycles. The van der Waals surface area contributed by atoms with Crippen LogP contribution in [0.4, 0.5) is 0 Å². The second-order valence-corrected chi connectivity index (χ2v) is 7.56. The number of ether oxygens (including phenoxy) is 2. The zero-order valence-corrected chi connectivity index (χ0v) is 19.6. The molecule has 0 aliphatic carbocycles. The van der Waals surface area contributed by atoms with Crippen LogP contribution in [0.1, 0.15) is 41.8 Å². The van der Waals surface area contributed by atoms with E-state index < -0.39 is 36.3 Å². The summed E-state index contributed by atoms with van der Waals surface area (Å²) in [5.41, 5.74) is 7.06. The average molecular weight is 482 g/mol. The van der Waals surface area contributed by atoms with Crippen molar-refractivity contribution in [1.29, 1.82) is 5.41 Å². The number of aliphatic carboxylic acids is 1. The Morgan fingerprint density at radius 1 is 1.06 bits per heavy atom. The minimum Gasteiger partial charge on any atom is -0.481 e. The van der Waals surface area contributed by atoms with E-state index >= 15 is 0 Å². The number of esters is 2. The highest BCUT2D eigenvalue weighted by molar-refractivity contribution is 6.00. The molecule has 0 radical (unpaired) electrons. The first kappa shape index (κ1) is 26.8. The molecule has 0 saturated heterocycles. The number of amidine groups is 1. The summed E-state index contributed by atoms with van der Waals surface area (Å²) in [6.07, 6.45) is 0.972. The fourth-order valence-corrected chi connectivity index (χ4v) is 3.10. The molecule has 0 aliphatic rings. The number of carboxylic acid groups (broad SMARTS) is 1. The molecule has 1 unspecified atom stereocenters. The minimum absolute atomic E-state index is 0.0598. The van der Waals surface area contributed by atoms with Crippen LogP contribution in [0.5, 0.6) is 5.75 Å². The number of likely N-dealkylation sites (N-methyl/N-ethyl adjacent to an activating group) is 1. The number of hydrogen-bond acceptors (Lipinski definition) is 7. The summed E-state index contributed by atoms with van der Waals surface area (Å²) < 4.78 is 10.2. The van der Waals surface area contributed by atoms with Crippen molar-refractivity contribution < 1.29 is 33.8 Å². The van der Waals surface area contributed by atoms with Gasteiger partial charge >= 0.3 is 17.9 Å². The number of carbonyl (C=O) groups excluding carboxylic acids is 3. The number of nitrogens with two attached hydrogens (primary N) is 1. The monoisotopic (exact) mass is 481 g/mol. The molecule has 184 valence electrons. The summed E-state index contributed by atoms with van der Waals surface area (Å²) in [5.74, 6) is -2.95. The van der Waals surface area contributed by atoms with Crippen LogP contribution in [-0.2, 0) is 19.1 Å².